The molecule has 1 unspecified atom stereocenters. The van der Waals surface area contributed by atoms with Gasteiger partial charge in [-0.15, -0.1) is 0 Å². The normalized spacial score (nSPS) is 17.1. The van der Waals surface area contributed by atoms with Crippen LogP contribution in [0.25, 0.3) is 10.9 Å². The summed E-state index contributed by atoms with van der Waals surface area (Å²) >= 11 is 0. The maximum Gasteiger partial charge on any atom is 0.417 e. The van der Waals surface area contributed by atoms with Crippen molar-refractivity contribution >= 4 is 16.8 Å². The van der Waals surface area contributed by atoms with E-state index in [1.807, 2.05) is 0 Å². The molecule has 1 aliphatic carbocycles. The minimum atomic E-state index is -4.66. The number of aromatic nitrogens is 1. The number of aryl methyl sites for hydroxylation is 1. The van der Waals surface area contributed by atoms with Gasteiger partial charge in [0, 0.05) is 23.6 Å². The molecule has 0 radical (unpaired) electrons. The smallest absolute Gasteiger partial charge is 0.417 e. The first kappa shape index (κ1) is 16.6. The van der Waals surface area contributed by atoms with Gasteiger partial charge in [0.1, 0.15) is 5.76 Å². The molecule has 26 heavy (non-hydrogen) atoms. The lowest BCUT2D eigenvalue weighted by molar-refractivity contribution is -0.136. The maximum absolute atomic E-state index is 13.7. The first-order valence-corrected chi connectivity index (χ1v) is 8.27. The van der Waals surface area contributed by atoms with Gasteiger partial charge in [-0.1, -0.05) is 18.2 Å². The summed E-state index contributed by atoms with van der Waals surface area (Å²) in [7, 11) is 0. The topological polar surface area (TPSA) is 55.1 Å². The lowest BCUT2D eigenvalue weighted by atomic mass is 9.93. The number of para-hydroxylation sites is 1. The number of nitrogens with zero attached hydrogens (tertiary/aromatic N) is 1. The number of carbonyl (C=O) groups excluding carboxylic acids is 1. The zero-order valence-electron chi connectivity index (χ0n) is 13.6. The summed E-state index contributed by atoms with van der Waals surface area (Å²) < 4.78 is 46.4. The van der Waals surface area contributed by atoms with Gasteiger partial charge >= 0.3 is 6.18 Å². The SMILES string of the molecule is O=C(NC1CCCc2occc21)c1cnc2ccccc2c1C(F)(F)F. The lowest BCUT2D eigenvalue weighted by Crippen LogP contribution is -2.32. The fourth-order valence-corrected chi connectivity index (χ4v) is 3.49. The van der Waals surface area contributed by atoms with Gasteiger partial charge < -0.3 is 9.73 Å². The summed E-state index contributed by atoms with van der Waals surface area (Å²) in [4.78, 5) is 16.7. The number of alkyl halides is 3. The van der Waals surface area contributed by atoms with E-state index in [1.165, 1.54) is 24.5 Å². The van der Waals surface area contributed by atoms with Crippen LogP contribution in [0.3, 0.4) is 0 Å². The Morgan fingerprint density at radius 2 is 2.04 bits per heavy atom. The Balaban J connectivity index is 1.74. The molecule has 1 aliphatic rings. The molecule has 1 aromatic carbocycles. The molecule has 134 valence electrons. The second-order valence-electron chi connectivity index (χ2n) is 6.28. The predicted octanol–water partition coefficient (Wildman–Crippen LogP) is 4.65. The van der Waals surface area contributed by atoms with Crippen molar-refractivity contribution in [2.75, 3.05) is 0 Å². The molecule has 0 spiro atoms. The largest absolute Gasteiger partial charge is 0.469 e. The van der Waals surface area contributed by atoms with Gasteiger partial charge in [0.05, 0.1) is 28.9 Å². The van der Waals surface area contributed by atoms with E-state index < -0.39 is 23.2 Å². The number of pyridine rings is 1. The highest BCUT2D eigenvalue weighted by molar-refractivity contribution is 6.00. The van der Waals surface area contributed by atoms with Gasteiger partial charge in [-0.2, -0.15) is 13.2 Å². The molecule has 7 heteroatoms. The van der Waals surface area contributed by atoms with Crippen LogP contribution in [0.5, 0.6) is 0 Å². The number of hydrogen-bond acceptors (Lipinski definition) is 3. The molecule has 4 rings (SSSR count). The van der Waals surface area contributed by atoms with Gasteiger partial charge in [-0.3, -0.25) is 9.78 Å². The van der Waals surface area contributed by atoms with Crippen LogP contribution in [0.15, 0.2) is 47.2 Å². The fourth-order valence-electron chi connectivity index (χ4n) is 3.49. The van der Waals surface area contributed by atoms with Crippen molar-refractivity contribution in [3.8, 4) is 0 Å². The van der Waals surface area contributed by atoms with Gasteiger partial charge in [0.25, 0.3) is 5.91 Å². The van der Waals surface area contributed by atoms with E-state index in [0.717, 1.165) is 30.4 Å². The van der Waals surface area contributed by atoms with E-state index in [0.29, 0.717) is 6.42 Å². The maximum atomic E-state index is 13.7. The molecule has 1 atom stereocenters. The Labute approximate surface area is 147 Å². The zero-order chi connectivity index (χ0) is 18.3. The van der Waals surface area contributed by atoms with Crippen LogP contribution >= 0.6 is 0 Å². The number of rotatable bonds is 2. The summed E-state index contributed by atoms with van der Waals surface area (Å²) in [5, 5.41) is 2.63. The number of carbonyl (C=O) groups is 1. The van der Waals surface area contributed by atoms with Crippen molar-refractivity contribution in [2.24, 2.45) is 0 Å². The number of benzene rings is 1. The molecule has 0 saturated heterocycles. The molecular formula is C19H15F3N2O2. The Morgan fingerprint density at radius 1 is 1.23 bits per heavy atom. The van der Waals surface area contributed by atoms with Crippen molar-refractivity contribution in [3.05, 3.63) is 65.2 Å². The molecule has 1 amide bonds. The molecule has 0 aliphatic heterocycles. The molecule has 0 saturated carbocycles. The highest BCUT2D eigenvalue weighted by atomic mass is 19.4. The van der Waals surface area contributed by atoms with Gasteiger partial charge in [-0.25, -0.2) is 0 Å². The predicted molar refractivity (Wildman–Crippen MR) is 88.6 cm³/mol. The Kier molecular flexibility index (Phi) is 3.94. The summed E-state index contributed by atoms with van der Waals surface area (Å²) in [6, 6.07) is 7.32. The van der Waals surface area contributed by atoms with Gasteiger partial charge in [-0.05, 0) is 25.0 Å². The van der Waals surface area contributed by atoms with Crippen LogP contribution in [0.2, 0.25) is 0 Å². The summed E-state index contributed by atoms with van der Waals surface area (Å²) in [5.74, 6) is -0.0103. The summed E-state index contributed by atoms with van der Waals surface area (Å²) in [6.07, 6.45) is 0.0876. The molecular weight excluding hydrogens is 345 g/mol. The Hall–Kier alpha value is -2.83. The van der Waals surface area contributed by atoms with Gasteiger partial charge in [0.15, 0.2) is 0 Å². The van der Waals surface area contributed by atoms with Crippen molar-refractivity contribution in [2.45, 2.75) is 31.5 Å². The standard InChI is InChI=1S/C19H15F3N2O2/c20-19(21,22)17-12-4-1-2-5-14(12)23-10-13(17)18(25)24-15-6-3-7-16-11(15)8-9-26-16/h1-2,4-5,8-10,15H,3,6-7H2,(H,24,25). The third kappa shape index (κ3) is 2.83. The fraction of sp³-hybridized carbons (Fsp3) is 0.263. The van der Waals surface area contributed by atoms with Crippen LogP contribution in [0, 0.1) is 0 Å². The van der Waals surface area contributed by atoms with Crippen molar-refractivity contribution in [1.29, 1.82) is 0 Å². The number of amides is 1. The number of furan rings is 1. The highest BCUT2D eigenvalue weighted by Gasteiger charge is 2.38. The second-order valence-corrected chi connectivity index (χ2v) is 6.28. The Morgan fingerprint density at radius 3 is 2.85 bits per heavy atom. The third-order valence-corrected chi connectivity index (χ3v) is 4.66. The first-order chi connectivity index (χ1) is 12.4. The van der Waals surface area contributed by atoms with Crippen LogP contribution in [0.4, 0.5) is 13.2 Å². The molecule has 1 N–H and O–H groups in total. The first-order valence-electron chi connectivity index (χ1n) is 8.27. The summed E-state index contributed by atoms with van der Waals surface area (Å²) in [5.41, 5.74) is -0.395. The average Bonchev–Trinajstić information content (AvgIpc) is 3.09. The highest BCUT2D eigenvalue weighted by Crippen LogP contribution is 2.37. The molecule has 0 fully saturated rings. The molecule has 2 heterocycles. The van der Waals surface area contributed by atoms with E-state index in [1.54, 1.807) is 12.1 Å². The molecule has 2 aromatic heterocycles. The molecule has 0 bridgehead atoms. The van der Waals surface area contributed by atoms with Crippen molar-refractivity contribution < 1.29 is 22.4 Å². The number of hydrogen-bond donors (Lipinski definition) is 1. The van der Waals surface area contributed by atoms with Crippen LogP contribution in [-0.4, -0.2) is 10.9 Å². The lowest BCUT2D eigenvalue weighted by Gasteiger charge is -2.23. The number of fused-ring (bicyclic) bond motifs is 2. The third-order valence-electron chi connectivity index (χ3n) is 4.66. The van der Waals surface area contributed by atoms with Crippen LogP contribution in [-0.2, 0) is 12.6 Å². The minimum Gasteiger partial charge on any atom is -0.469 e. The van der Waals surface area contributed by atoms with Gasteiger partial charge in [0.2, 0.25) is 0 Å². The van der Waals surface area contributed by atoms with Crippen LogP contribution < -0.4 is 5.32 Å². The molecule has 4 nitrogen and oxygen atoms in total. The summed E-state index contributed by atoms with van der Waals surface area (Å²) in [6.45, 7) is 0. The van der Waals surface area contributed by atoms with Crippen LogP contribution in [0.1, 0.15) is 46.1 Å². The number of nitrogens with one attached hydrogen (secondary N) is 1. The van der Waals surface area contributed by atoms with Crippen molar-refractivity contribution in [1.82, 2.24) is 10.3 Å². The van der Waals surface area contributed by atoms with E-state index >= 15 is 0 Å². The monoisotopic (exact) mass is 360 g/mol. The zero-order valence-corrected chi connectivity index (χ0v) is 13.6. The second kappa shape index (κ2) is 6.16. The van der Waals surface area contributed by atoms with Crippen molar-refractivity contribution in [3.63, 3.8) is 0 Å². The minimum absolute atomic E-state index is 0.0831. The quantitative estimate of drug-likeness (QED) is 0.723. The van der Waals surface area contributed by atoms with E-state index in [4.69, 9.17) is 4.42 Å². The Bertz CT molecular complexity index is 978. The van der Waals surface area contributed by atoms with E-state index in [-0.39, 0.29) is 16.9 Å². The molecule has 3 aromatic rings. The number of halogens is 3. The average molecular weight is 360 g/mol. The van der Waals surface area contributed by atoms with E-state index in [9.17, 15) is 18.0 Å². The van der Waals surface area contributed by atoms with E-state index in [2.05, 4.69) is 10.3 Å².